The van der Waals surface area contributed by atoms with Gasteiger partial charge in [0, 0.05) is 38.9 Å². The molecule has 5 N–H and O–H groups in total. The number of hydrogen-bond donors (Lipinski definition) is 4. The monoisotopic (exact) mass is 559 g/mol. The number of carbonyl (C=O) groups is 3. The highest BCUT2D eigenvalue weighted by molar-refractivity contribution is 5.83. The van der Waals surface area contributed by atoms with Crippen LogP contribution in [0.5, 0.6) is 0 Å². The molecule has 1 saturated carbocycles. The van der Waals surface area contributed by atoms with Gasteiger partial charge in [0.25, 0.3) is 5.91 Å². The predicted octanol–water partition coefficient (Wildman–Crippen LogP) is 0.457. The maximum absolute atomic E-state index is 12.4. The van der Waals surface area contributed by atoms with Gasteiger partial charge in [0.05, 0.1) is 6.33 Å². The number of aryl methyl sites for hydroxylation is 1. The minimum atomic E-state index is -1.41. The van der Waals surface area contributed by atoms with Gasteiger partial charge in [0.2, 0.25) is 0 Å². The maximum Gasteiger partial charge on any atom is 0.410 e. The van der Waals surface area contributed by atoms with E-state index in [4.69, 9.17) is 15.2 Å². The third-order valence-electron chi connectivity index (χ3n) is 7.97. The molecular weight excluding hydrogens is 522 g/mol. The second kappa shape index (κ2) is 12.0. The maximum atomic E-state index is 12.4. The molecule has 2 amide bonds. The van der Waals surface area contributed by atoms with Crippen LogP contribution in [0.4, 0.5) is 10.6 Å². The van der Waals surface area contributed by atoms with Crippen LogP contribution in [0.3, 0.4) is 0 Å². The lowest BCUT2D eigenvalue weighted by atomic mass is 9.91. The Morgan fingerprint density at radius 1 is 1.20 bits per heavy atom. The molecule has 5 rings (SSSR count). The number of nitrogens with zero attached hydrogens (tertiary/aromatic N) is 5. The van der Waals surface area contributed by atoms with Gasteiger partial charge in [0.15, 0.2) is 23.8 Å². The Kier molecular flexibility index (Phi) is 8.47. The molecule has 0 spiro atoms. The fourth-order valence-electron chi connectivity index (χ4n) is 5.71. The van der Waals surface area contributed by atoms with Gasteiger partial charge in [-0.25, -0.2) is 19.7 Å². The molecule has 2 aromatic heterocycles. The Hall–Kier alpha value is -3.36. The molecule has 0 aromatic carbocycles. The van der Waals surface area contributed by atoms with Crippen LogP contribution in [0.15, 0.2) is 6.33 Å². The van der Waals surface area contributed by atoms with Crippen LogP contribution in [0, 0.1) is 5.92 Å². The lowest BCUT2D eigenvalue weighted by molar-refractivity contribution is -0.137. The zero-order chi connectivity index (χ0) is 28.4. The molecule has 0 bridgehead atoms. The summed E-state index contributed by atoms with van der Waals surface area (Å²) in [6.45, 7) is 3.37. The van der Waals surface area contributed by atoms with Crippen LogP contribution in [-0.2, 0) is 25.5 Å². The first-order valence-electron chi connectivity index (χ1n) is 14.0. The number of ketones is 1. The molecule has 3 fully saturated rings. The summed E-state index contributed by atoms with van der Waals surface area (Å²) in [7, 11) is 0. The normalized spacial score (nSPS) is 27.4. The Balaban J connectivity index is 1.15. The molecule has 4 heterocycles. The van der Waals surface area contributed by atoms with Gasteiger partial charge in [-0.2, -0.15) is 0 Å². The lowest BCUT2D eigenvalue weighted by Crippen LogP contribution is -2.42. The summed E-state index contributed by atoms with van der Waals surface area (Å²) in [5.41, 5.74) is 6.86. The van der Waals surface area contributed by atoms with E-state index >= 15 is 0 Å². The van der Waals surface area contributed by atoms with E-state index in [2.05, 4.69) is 20.3 Å². The number of Topliss-reactive ketones (excluding diaryl/α,β-unsaturated/α-hetero) is 1. The summed E-state index contributed by atoms with van der Waals surface area (Å²) < 4.78 is 12.7. The number of amides is 2. The topological polar surface area (TPSA) is 195 Å². The predicted molar refractivity (Wildman–Crippen MR) is 141 cm³/mol. The first-order chi connectivity index (χ1) is 19.2. The average molecular weight is 560 g/mol. The molecule has 2 aromatic rings. The number of piperidine rings is 1. The number of nitrogens with two attached hydrogens (primary N) is 1. The second-order valence-electron chi connectivity index (χ2n) is 10.8. The van der Waals surface area contributed by atoms with Gasteiger partial charge in [-0.05, 0) is 44.9 Å². The van der Waals surface area contributed by atoms with Crippen molar-refractivity contribution >= 4 is 34.8 Å². The zero-order valence-corrected chi connectivity index (χ0v) is 22.6. The number of nitrogens with one attached hydrogen (secondary N) is 1. The fraction of sp³-hybridized carbons (Fsp3) is 0.692. The van der Waals surface area contributed by atoms with E-state index in [1.165, 1.54) is 10.9 Å². The van der Waals surface area contributed by atoms with Crippen molar-refractivity contribution in [2.24, 2.45) is 5.92 Å². The summed E-state index contributed by atoms with van der Waals surface area (Å²) in [4.78, 5) is 51.1. The number of imidazole rings is 1. The van der Waals surface area contributed by atoms with Crippen molar-refractivity contribution in [3.05, 3.63) is 12.2 Å². The first kappa shape index (κ1) is 28.2. The number of fused-ring (bicyclic) bond motifs is 1. The molecule has 14 heteroatoms. The number of anilines is 1. The summed E-state index contributed by atoms with van der Waals surface area (Å²) in [6, 6.07) is 0. The summed E-state index contributed by atoms with van der Waals surface area (Å²) in [6.07, 6.45) is 1.23. The summed E-state index contributed by atoms with van der Waals surface area (Å²) in [5.74, 6) is 0.816. The van der Waals surface area contributed by atoms with E-state index in [0.29, 0.717) is 68.2 Å². The largest absolute Gasteiger partial charge is 0.446 e. The molecule has 14 nitrogen and oxygen atoms in total. The number of hydrogen-bond acceptors (Lipinski definition) is 11. The number of likely N-dealkylation sites (N-methyl/N-ethyl adjacent to an activating group) is 1. The van der Waals surface area contributed by atoms with Crippen molar-refractivity contribution in [2.75, 3.05) is 25.4 Å². The Labute approximate surface area is 231 Å². The third kappa shape index (κ3) is 5.88. The Bertz CT molecular complexity index is 1250. The summed E-state index contributed by atoms with van der Waals surface area (Å²) >= 11 is 0. The van der Waals surface area contributed by atoms with Crippen molar-refractivity contribution in [3.8, 4) is 0 Å². The van der Waals surface area contributed by atoms with E-state index in [0.717, 1.165) is 25.7 Å². The van der Waals surface area contributed by atoms with Crippen molar-refractivity contribution < 1.29 is 34.1 Å². The van der Waals surface area contributed by atoms with Crippen molar-refractivity contribution in [1.29, 1.82) is 0 Å². The van der Waals surface area contributed by atoms with Gasteiger partial charge in [-0.15, -0.1) is 0 Å². The molecule has 3 aliphatic rings. The second-order valence-corrected chi connectivity index (χ2v) is 10.8. The molecule has 1 aliphatic carbocycles. The van der Waals surface area contributed by atoms with Crippen molar-refractivity contribution in [3.63, 3.8) is 0 Å². The first-order valence-corrected chi connectivity index (χ1v) is 14.0. The molecule has 2 aliphatic heterocycles. The highest BCUT2D eigenvalue weighted by Crippen LogP contribution is 2.32. The van der Waals surface area contributed by atoms with Gasteiger partial charge in [-0.3, -0.25) is 14.2 Å². The van der Waals surface area contributed by atoms with Crippen LogP contribution in [-0.4, -0.2) is 96.5 Å². The quantitative estimate of drug-likeness (QED) is 0.351. The summed E-state index contributed by atoms with van der Waals surface area (Å²) in [5, 5.41) is 23.6. The third-order valence-corrected chi connectivity index (χ3v) is 7.97. The lowest BCUT2D eigenvalue weighted by Gasteiger charge is -2.32. The highest BCUT2D eigenvalue weighted by atomic mass is 16.6. The van der Waals surface area contributed by atoms with Gasteiger partial charge in [0.1, 0.15) is 35.4 Å². The SMILES string of the molecule is CCNC(=O)[C@H]1O[C@@H](n2cnc3c(N)nc(CCCC4CCN(C(=O)OC5CCC(=O)C5)CC4)nc32)[C@@H](O)C1O. The molecule has 2 unspecified atom stereocenters. The van der Waals surface area contributed by atoms with E-state index in [9.17, 15) is 24.6 Å². The van der Waals surface area contributed by atoms with E-state index in [1.807, 2.05) is 0 Å². The van der Waals surface area contributed by atoms with E-state index < -0.39 is 30.4 Å². The number of ether oxygens (including phenoxy) is 2. The number of nitrogen functional groups attached to an aromatic ring is 1. The van der Waals surface area contributed by atoms with Crippen LogP contribution in [0.1, 0.15) is 63.9 Å². The smallest absolute Gasteiger partial charge is 0.410 e. The molecule has 40 heavy (non-hydrogen) atoms. The van der Waals surface area contributed by atoms with Gasteiger partial charge < -0.3 is 35.6 Å². The molecular formula is C26H37N7O7. The average Bonchev–Trinajstić information content (AvgIpc) is 3.62. The number of aliphatic hydroxyl groups is 2. The number of aromatic nitrogens is 4. The van der Waals surface area contributed by atoms with Gasteiger partial charge in [-0.1, -0.05) is 0 Å². The number of likely N-dealkylation sites (tertiary alicyclic amines) is 1. The van der Waals surface area contributed by atoms with Crippen LogP contribution >= 0.6 is 0 Å². The van der Waals surface area contributed by atoms with E-state index in [-0.39, 0.29) is 23.8 Å². The van der Waals surface area contributed by atoms with E-state index in [1.54, 1.807) is 11.8 Å². The van der Waals surface area contributed by atoms with Crippen LogP contribution in [0.2, 0.25) is 0 Å². The minimum absolute atomic E-state index is 0.152. The van der Waals surface area contributed by atoms with Crippen molar-refractivity contribution in [2.45, 2.75) is 88.9 Å². The molecule has 5 atom stereocenters. The molecule has 0 radical (unpaired) electrons. The Morgan fingerprint density at radius 2 is 1.98 bits per heavy atom. The Morgan fingerprint density at radius 3 is 2.67 bits per heavy atom. The van der Waals surface area contributed by atoms with Crippen LogP contribution < -0.4 is 11.1 Å². The van der Waals surface area contributed by atoms with Crippen molar-refractivity contribution in [1.82, 2.24) is 29.7 Å². The number of aliphatic hydroxyl groups excluding tert-OH is 2. The van der Waals surface area contributed by atoms with Gasteiger partial charge >= 0.3 is 6.09 Å². The minimum Gasteiger partial charge on any atom is -0.446 e. The van der Waals surface area contributed by atoms with Crippen LogP contribution in [0.25, 0.3) is 11.2 Å². The zero-order valence-electron chi connectivity index (χ0n) is 22.6. The number of carbonyl (C=O) groups excluding carboxylic acids is 3. The number of rotatable bonds is 8. The fourth-order valence-corrected chi connectivity index (χ4v) is 5.71. The standard InChI is InChI=1S/C26H37N7O7/c1-2-28-24(37)21-19(35)20(36)25(40-21)33-13-29-18-22(27)30-17(31-23(18)33)5-3-4-14-8-10-32(11-9-14)26(38)39-16-7-6-15(34)12-16/h13-14,16,19-21,25,35-36H,2-12H2,1H3,(H,28,37)(H2,27,30,31)/t16?,19?,20-,21-,25+/m0/s1. The molecule has 218 valence electrons. The highest BCUT2D eigenvalue weighted by Gasteiger charge is 2.47. The molecule has 2 saturated heterocycles.